The van der Waals surface area contributed by atoms with Gasteiger partial charge in [-0.05, 0) is 249 Å². The normalized spacial score (nSPS) is 11.8. The second-order valence-electron chi connectivity index (χ2n) is 37.2. The van der Waals surface area contributed by atoms with Gasteiger partial charge in [0.1, 0.15) is 0 Å². The zero-order chi connectivity index (χ0) is 92.7. The number of rotatable bonds is 9. The quantitative estimate of drug-likeness (QED) is 0.126. The second kappa shape index (κ2) is 33.9. The van der Waals surface area contributed by atoms with Crippen LogP contribution in [0.25, 0.3) is 290 Å². The summed E-state index contributed by atoms with van der Waals surface area (Å²) in [5.74, 6) is 0. The lowest BCUT2D eigenvalue weighted by Gasteiger charge is -2.20. The van der Waals surface area contributed by atoms with Crippen LogP contribution in [-0.2, 0) is 0 Å². The van der Waals surface area contributed by atoms with Crippen LogP contribution in [0.1, 0.15) is 0 Å². The SMILES string of the molecule is c1cc(-c2ccc3ccccc3c2)cc(-c2c3ccccc3c(-c3cccc4c3sc3c5ccccc5ccc43)c3ccccc23)c1.c1ccc(-c2c3ccccc3c(-c3cccc4c3sc3cc5ccccc5cc34)c3ccccc23)c(-c2ccc3ccccc3c2)c1.c1ccc2c(-c3ccc(-c4c5ccccc5c(-c5cccc6c5sc5ccc7ccccc7c56)c5ccccc45)cc3)cccc2c1. The van der Waals surface area contributed by atoms with Crippen molar-refractivity contribution in [1.82, 2.24) is 0 Å². The smallest absolute Gasteiger partial charge is 0.0434 e. The van der Waals surface area contributed by atoms with Crippen molar-refractivity contribution in [2.24, 2.45) is 0 Å². The molecule has 3 heterocycles. The first-order chi connectivity index (χ1) is 70.0. The summed E-state index contributed by atoms with van der Waals surface area (Å²) < 4.78 is 8.07. The van der Waals surface area contributed by atoms with Gasteiger partial charge in [-0.25, -0.2) is 0 Å². The maximum Gasteiger partial charge on any atom is 0.0434 e. The Morgan fingerprint density at radius 3 is 0.950 bits per heavy atom. The Hall–Kier alpha value is -17.3. The van der Waals surface area contributed by atoms with Crippen molar-refractivity contribution in [3.8, 4) is 100 Å². The highest BCUT2D eigenvalue weighted by Crippen LogP contribution is 2.55. The molecule has 654 valence electrons. The van der Waals surface area contributed by atoms with Gasteiger partial charge in [0.15, 0.2) is 0 Å². The van der Waals surface area contributed by atoms with E-state index in [0.29, 0.717) is 0 Å². The van der Waals surface area contributed by atoms with Crippen molar-refractivity contribution in [3.63, 3.8) is 0 Å². The summed E-state index contributed by atoms with van der Waals surface area (Å²) in [4.78, 5) is 0. The van der Waals surface area contributed by atoms with Gasteiger partial charge >= 0.3 is 0 Å². The Balaban J connectivity index is 0.000000104. The fourth-order valence-electron chi connectivity index (χ4n) is 23.2. The first kappa shape index (κ1) is 82.0. The second-order valence-corrected chi connectivity index (χ2v) is 40.4. The highest BCUT2D eigenvalue weighted by atomic mass is 32.1. The summed E-state index contributed by atoms with van der Waals surface area (Å²) in [6.45, 7) is 0. The minimum absolute atomic E-state index is 1.23. The summed E-state index contributed by atoms with van der Waals surface area (Å²) in [5.41, 5.74) is 22.9. The molecule has 141 heavy (non-hydrogen) atoms. The third kappa shape index (κ3) is 13.7. The predicted octanol–water partition coefficient (Wildman–Crippen LogP) is 41.0. The van der Waals surface area contributed by atoms with Crippen LogP contribution in [0.15, 0.2) is 510 Å². The summed E-state index contributed by atoms with van der Waals surface area (Å²) in [7, 11) is 0. The van der Waals surface area contributed by atoms with Gasteiger partial charge in [-0.1, -0.05) is 473 Å². The predicted molar refractivity (Wildman–Crippen MR) is 617 cm³/mol. The fourth-order valence-corrected chi connectivity index (χ4v) is 27.0. The molecule has 0 spiro atoms. The standard InChI is InChI=1S/3C46H28S/c1-3-14-33-29(11-1)13-9-20-34(33)31-23-25-32(26-24-31)43-36-16-5-7-18-38(36)44(39-19-8-6-17-37(39)43)40-21-10-22-41-45-35-15-4-2-12-30(35)27-28-42(45)47-46(40)41;1-2-13-31-27-33(24-23-29(31)11-1)32-14-9-15-34(28-32)43-36-17-5-7-19-38(36)44(39-20-8-6-18-37(39)43)42-22-10-21-40-41-26-25-30-12-3-4-16-35(30)45(41)47-46(40)42;1-2-13-30-26-33(25-24-29(30)12-1)34-16-5-6-17-35(34)44-36-18-7-9-20-38(36)45(39-21-10-8-19-37(39)44)41-23-11-22-40-42-27-31-14-3-4-15-32(31)28-43(42)47-46(40)41/h3*1-28H. The van der Waals surface area contributed by atoms with Crippen LogP contribution in [0.2, 0.25) is 0 Å². The van der Waals surface area contributed by atoms with Gasteiger partial charge in [0.2, 0.25) is 0 Å². The summed E-state index contributed by atoms with van der Waals surface area (Å²) >= 11 is 5.76. The Labute approximate surface area is 826 Å². The maximum absolute atomic E-state index is 2.37. The molecule has 0 amide bonds. The van der Waals surface area contributed by atoms with Gasteiger partial charge in [0, 0.05) is 77.2 Å². The highest BCUT2D eigenvalue weighted by Gasteiger charge is 2.27. The Bertz CT molecular complexity index is 10200. The number of fused-ring (bicyclic) bond motifs is 23. The van der Waals surface area contributed by atoms with E-state index in [0.717, 1.165) is 0 Å². The average Bonchev–Trinajstić information content (AvgIpc) is 1.74. The minimum atomic E-state index is 1.23. The Kier molecular flexibility index (Phi) is 19.7. The van der Waals surface area contributed by atoms with E-state index in [1.54, 1.807) is 0 Å². The van der Waals surface area contributed by atoms with E-state index in [2.05, 4.69) is 510 Å². The lowest BCUT2D eigenvalue weighted by Crippen LogP contribution is -1.92. The van der Waals surface area contributed by atoms with Crippen molar-refractivity contribution < 1.29 is 0 Å². The van der Waals surface area contributed by atoms with Gasteiger partial charge in [0.25, 0.3) is 0 Å². The number of thiophene rings is 3. The van der Waals surface area contributed by atoms with E-state index in [1.165, 1.54) is 290 Å². The lowest BCUT2D eigenvalue weighted by atomic mass is 9.83. The first-order valence-corrected chi connectivity index (χ1v) is 51.0. The van der Waals surface area contributed by atoms with Crippen LogP contribution in [0.5, 0.6) is 0 Å². The van der Waals surface area contributed by atoms with Crippen molar-refractivity contribution in [1.29, 1.82) is 0 Å². The highest BCUT2D eigenvalue weighted by molar-refractivity contribution is 7.27. The molecular weight excluding hydrogens is 1750 g/mol. The number of hydrogen-bond acceptors (Lipinski definition) is 3. The molecular formula is C138H84S3. The van der Waals surface area contributed by atoms with Crippen molar-refractivity contribution in [3.05, 3.63) is 510 Å². The van der Waals surface area contributed by atoms with Gasteiger partial charge in [-0.2, -0.15) is 0 Å². The maximum atomic E-state index is 2.37. The molecule has 0 aliphatic heterocycles. The molecule has 0 saturated carbocycles. The summed E-state index contributed by atoms with van der Waals surface area (Å²) in [6.07, 6.45) is 0. The molecule has 0 bridgehead atoms. The Morgan fingerprint density at radius 2 is 0.404 bits per heavy atom. The molecule has 0 radical (unpaired) electrons. The van der Waals surface area contributed by atoms with Crippen LogP contribution in [0.4, 0.5) is 0 Å². The molecule has 0 aliphatic carbocycles. The fraction of sp³-hybridized carbons (Fsp3) is 0. The molecule has 0 aliphatic rings. The molecule has 30 rings (SSSR count). The van der Waals surface area contributed by atoms with E-state index in [-0.39, 0.29) is 0 Å². The summed E-state index contributed by atoms with van der Waals surface area (Å²) in [5, 5.41) is 38.8. The zero-order valence-electron chi connectivity index (χ0n) is 76.7. The minimum Gasteiger partial charge on any atom is -0.135 e. The molecule has 0 nitrogen and oxygen atoms in total. The van der Waals surface area contributed by atoms with Crippen LogP contribution in [0, 0.1) is 0 Å². The molecule has 0 unspecified atom stereocenters. The van der Waals surface area contributed by atoms with Crippen LogP contribution >= 0.6 is 34.0 Å². The molecule has 30 aromatic rings. The van der Waals surface area contributed by atoms with E-state index in [9.17, 15) is 0 Å². The molecule has 3 heteroatoms. The van der Waals surface area contributed by atoms with Crippen LogP contribution in [-0.4, -0.2) is 0 Å². The van der Waals surface area contributed by atoms with Gasteiger partial charge in [0.05, 0.1) is 0 Å². The molecule has 3 aromatic heterocycles. The molecule has 0 fully saturated rings. The molecule has 0 N–H and O–H groups in total. The monoisotopic (exact) mass is 1840 g/mol. The molecule has 0 saturated heterocycles. The van der Waals surface area contributed by atoms with Crippen LogP contribution < -0.4 is 0 Å². The third-order valence-electron chi connectivity index (χ3n) is 29.5. The van der Waals surface area contributed by atoms with Gasteiger partial charge in [-0.3, -0.25) is 0 Å². The van der Waals surface area contributed by atoms with E-state index < -0.39 is 0 Å². The van der Waals surface area contributed by atoms with Gasteiger partial charge < -0.3 is 0 Å². The molecule has 0 atom stereocenters. The van der Waals surface area contributed by atoms with E-state index in [4.69, 9.17) is 0 Å². The van der Waals surface area contributed by atoms with E-state index in [1.807, 2.05) is 34.0 Å². The van der Waals surface area contributed by atoms with Crippen molar-refractivity contribution in [2.45, 2.75) is 0 Å². The topological polar surface area (TPSA) is 0 Å². The summed E-state index contributed by atoms with van der Waals surface area (Å²) in [6, 6.07) is 188. The Morgan fingerprint density at radius 1 is 0.106 bits per heavy atom. The third-order valence-corrected chi connectivity index (χ3v) is 33.2. The molecule has 27 aromatic carbocycles. The average molecular weight is 1840 g/mol. The van der Waals surface area contributed by atoms with Crippen LogP contribution in [0.3, 0.4) is 0 Å². The number of hydrogen-bond donors (Lipinski definition) is 0. The van der Waals surface area contributed by atoms with Gasteiger partial charge in [-0.15, -0.1) is 34.0 Å². The largest absolute Gasteiger partial charge is 0.135 e. The zero-order valence-corrected chi connectivity index (χ0v) is 79.2. The first-order valence-electron chi connectivity index (χ1n) is 48.6. The number of benzene rings is 27. The van der Waals surface area contributed by atoms with Crippen molar-refractivity contribution in [2.75, 3.05) is 0 Å². The van der Waals surface area contributed by atoms with Crippen molar-refractivity contribution >= 4 is 224 Å². The van der Waals surface area contributed by atoms with E-state index >= 15 is 0 Å². The lowest BCUT2D eigenvalue weighted by molar-refractivity contribution is 1.62.